The Labute approximate surface area is 114 Å². The second-order valence-electron chi connectivity index (χ2n) is 5.99. The molecule has 0 bridgehead atoms. The van der Waals surface area contributed by atoms with Crippen LogP contribution in [0.4, 0.5) is 0 Å². The highest BCUT2D eigenvalue weighted by Gasteiger charge is 2.35. The van der Waals surface area contributed by atoms with Crippen molar-refractivity contribution in [3.05, 3.63) is 0 Å². The molecule has 1 atom stereocenters. The summed E-state index contributed by atoms with van der Waals surface area (Å²) < 4.78 is 32.2. The average Bonchev–Trinajstić information content (AvgIpc) is 2.27. The van der Waals surface area contributed by atoms with Crippen molar-refractivity contribution in [1.29, 1.82) is 0 Å². The molecule has 19 heavy (non-hydrogen) atoms. The van der Waals surface area contributed by atoms with Gasteiger partial charge in [0.05, 0.1) is 11.7 Å². The number of ether oxygens (including phenoxy) is 1. The third-order valence-electron chi connectivity index (χ3n) is 3.34. The highest BCUT2D eigenvalue weighted by molar-refractivity contribution is 7.90. The molecule has 0 spiro atoms. The number of nitrogens with one attached hydrogen (secondary N) is 1. The van der Waals surface area contributed by atoms with Gasteiger partial charge in [-0.25, -0.2) is 13.1 Å². The van der Waals surface area contributed by atoms with Crippen LogP contribution in [0.1, 0.15) is 40.0 Å². The van der Waals surface area contributed by atoms with Gasteiger partial charge < -0.3 is 9.84 Å². The first-order valence-corrected chi connectivity index (χ1v) is 7.98. The third kappa shape index (κ3) is 5.08. The van der Waals surface area contributed by atoms with Crippen molar-refractivity contribution >= 4 is 16.0 Å². The zero-order valence-electron chi connectivity index (χ0n) is 11.7. The molecule has 0 amide bonds. The van der Waals surface area contributed by atoms with E-state index in [1.54, 1.807) is 0 Å². The fourth-order valence-electron chi connectivity index (χ4n) is 1.98. The topological polar surface area (TPSA) is 92.7 Å². The zero-order chi connectivity index (χ0) is 14.7. The normalized spacial score (nSPS) is 20.2. The first kappa shape index (κ1) is 16.4. The Morgan fingerprint density at radius 3 is 2.32 bits per heavy atom. The van der Waals surface area contributed by atoms with Crippen LogP contribution in [-0.4, -0.2) is 44.0 Å². The van der Waals surface area contributed by atoms with Crippen LogP contribution in [0.5, 0.6) is 0 Å². The van der Waals surface area contributed by atoms with Crippen molar-refractivity contribution in [3.8, 4) is 0 Å². The van der Waals surface area contributed by atoms with Crippen molar-refractivity contribution in [2.24, 2.45) is 5.41 Å². The second-order valence-corrected chi connectivity index (χ2v) is 7.98. The van der Waals surface area contributed by atoms with Crippen molar-refractivity contribution in [1.82, 2.24) is 4.72 Å². The summed E-state index contributed by atoms with van der Waals surface area (Å²) in [5.41, 5.74) is -0.448. The summed E-state index contributed by atoms with van der Waals surface area (Å²) in [6.07, 6.45) is 0.699. The summed E-state index contributed by atoms with van der Waals surface area (Å²) in [6.45, 7) is 6.35. The summed E-state index contributed by atoms with van der Waals surface area (Å²) in [5, 5.41) is 8.41. The lowest BCUT2D eigenvalue weighted by molar-refractivity contribution is -0.138. The van der Waals surface area contributed by atoms with Gasteiger partial charge in [0.15, 0.2) is 0 Å². The number of sulfonamides is 1. The van der Waals surface area contributed by atoms with Gasteiger partial charge in [-0.3, -0.25) is 4.79 Å². The quantitative estimate of drug-likeness (QED) is 0.788. The second kappa shape index (κ2) is 6.19. The Balaban J connectivity index is 2.79. The lowest BCUT2D eigenvalue weighted by atomic mass is 9.85. The van der Waals surface area contributed by atoms with E-state index >= 15 is 0 Å². The molecule has 1 unspecified atom stereocenters. The van der Waals surface area contributed by atoms with Crippen LogP contribution in [0.3, 0.4) is 0 Å². The van der Waals surface area contributed by atoms with Crippen LogP contribution in [0.15, 0.2) is 0 Å². The lowest BCUT2D eigenvalue weighted by Crippen LogP contribution is -2.49. The molecule has 0 aromatic carbocycles. The minimum absolute atomic E-state index is 0.216. The Hall–Kier alpha value is -0.660. The van der Waals surface area contributed by atoms with E-state index in [1.165, 1.54) is 0 Å². The highest BCUT2D eigenvalue weighted by Crippen LogP contribution is 2.24. The molecule has 0 saturated carbocycles. The molecule has 1 aliphatic heterocycles. The largest absolute Gasteiger partial charge is 0.481 e. The molecule has 0 radical (unpaired) electrons. The molecule has 1 heterocycles. The maximum atomic E-state index is 12.3. The molecule has 0 aliphatic carbocycles. The summed E-state index contributed by atoms with van der Waals surface area (Å²) in [7, 11) is -3.50. The van der Waals surface area contributed by atoms with E-state index in [-0.39, 0.29) is 6.42 Å². The molecule has 2 N–H and O–H groups in total. The maximum Gasteiger partial charge on any atom is 0.304 e. The van der Waals surface area contributed by atoms with Gasteiger partial charge in [0, 0.05) is 19.3 Å². The molecule has 1 saturated heterocycles. The molecule has 1 fully saturated rings. The zero-order valence-corrected chi connectivity index (χ0v) is 12.5. The smallest absolute Gasteiger partial charge is 0.304 e. The van der Waals surface area contributed by atoms with E-state index in [1.807, 2.05) is 20.8 Å². The predicted octanol–water partition coefficient (Wildman–Crippen LogP) is 0.974. The number of aliphatic carboxylic acids is 1. The third-order valence-corrected chi connectivity index (χ3v) is 5.30. The van der Waals surface area contributed by atoms with Crippen molar-refractivity contribution in [3.63, 3.8) is 0 Å². The molecule has 112 valence electrons. The average molecular weight is 293 g/mol. The standard InChI is InChI=1S/C12H23NO5S/c1-12(2,3)10(8-11(14)15)13-19(16,17)9-4-6-18-7-5-9/h9-10,13H,4-8H2,1-3H3,(H,14,15). The molecule has 0 aromatic heterocycles. The van der Waals surface area contributed by atoms with E-state index in [0.29, 0.717) is 26.1 Å². The lowest BCUT2D eigenvalue weighted by Gasteiger charge is -2.32. The highest BCUT2D eigenvalue weighted by atomic mass is 32.2. The number of rotatable bonds is 5. The van der Waals surface area contributed by atoms with Gasteiger partial charge in [-0.15, -0.1) is 0 Å². The minimum atomic E-state index is -3.50. The van der Waals surface area contributed by atoms with Gasteiger partial charge in [0.1, 0.15) is 0 Å². The monoisotopic (exact) mass is 293 g/mol. The Morgan fingerprint density at radius 1 is 1.37 bits per heavy atom. The number of carboxylic acid groups (broad SMARTS) is 1. The van der Waals surface area contributed by atoms with Gasteiger partial charge in [0.2, 0.25) is 10.0 Å². The fraction of sp³-hybridized carbons (Fsp3) is 0.917. The van der Waals surface area contributed by atoms with Gasteiger partial charge in [-0.2, -0.15) is 0 Å². The summed E-state index contributed by atoms with van der Waals surface area (Å²) in [4.78, 5) is 10.9. The minimum Gasteiger partial charge on any atom is -0.481 e. The van der Waals surface area contributed by atoms with Crippen LogP contribution in [-0.2, 0) is 19.6 Å². The maximum absolute atomic E-state index is 12.3. The summed E-state index contributed by atoms with van der Waals surface area (Å²) in [5.74, 6) is -1.00. The molecule has 1 rings (SSSR count). The Bertz CT molecular complexity index is 406. The molecule has 7 heteroatoms. The molecular weight excluding hydrogens is 270 g/mol. The van der Waals surface area contributed by atoms with Crippen molar-refractivity contribution in [2.75, 3.05) is 13.2 Å². The van der Waals surface area contributed by atoms with Crippen molar-refractivity contribution < 1.29 is 23.1 Å². The van der Waals surface area contributed by atoms with E-state index < -0.39 is 32.7 Å². The number of carbonyl (C=O) groups is 1. The van der Waals surface area contributed by atoms with E-state index in [9.17, 15) is 13.2 Å². The number of hydrogen-bond acceptors (Lipinski definition) is 4. The molecular formula is C12H23NO5S. The van der Waals surface area contributed by atoms with Gasteiger partial charge in [-0.05, 0) is 18.3 Å². The summed E-state index contributed by atoms with van der Waals surface area (Å²) in [6, 6.07) is -0.613. The van der Waals surface area contributed by atoms with Gasteiger partial charge in [-0.1, -0.05) is 20.8 Å². The van der Waals surface area contributed by atoms with Crippen molar-refractivity contribution in [2.45, 2.75) is 51.3 Å². The number of carboxylic acids is 1. The SMILES string of the molecule is CC(C)(C)C(CC(=O)O)NS(=O)(=O)C1CCOCC1. The predicted molar refractivity (Wildman–Crippen MR) is 71.4 cm³/mol. The van der Waals surface area contributed by atoms with Crippen LogP contribution < -0.4 is 4.72 Å². The first-order valence-electron chi connectivity index (χ1n) is 6.43. The van der Waals surface area contributed by atoms with Gasteiger partial charge >= 0.3 is 5.97 Å². The van der Waals surface area contributed by atoms with E-state index in [4.69, 9.17) is 9.84 Å². The first-order chi connectivity index (χ1) is 8.63. The number of hydrogen-bond donors (Lipinski definition) is 2. The van der Waals surface area contributed by atoms with Crippen LogP contribution in [0.2, 0.25) is 0 Å². The van der Waals surface area contributed by atoms with E-state index in [2.05, 4.69) is 4.72 Å². The van der Waals surface area contributed by atoms with Crippen LogP contribution in [0, 0.1) is 5.41 Å². The fourth-order valence-corrected chi connectivity index (χ4v) is 3.82. The Kier molecular flexibility index (Phi) is 5.34. The molecule has 6 nitrogen and oxygen atoms in total. The Morgan fingerprint density at radius 2 is 1.89 bits per heavy atom. The molecule has 1 aliphatic rings. The van der Waals surface area contributed by atoms with Crippen LogP contribution >= 0.6 is 0 Å². The van der Waals surface area contributed by atoms with Crippen LogP contribution in [0.25, 0.3) is 0 Å². The molecule has 0 aromatic rings. The van der Waals surface area contributed by atoms with Gasteiger partial charge in [0.25, 0.3) is 0 Å². The summed E-state index contributed by atoms with van der Waals surface area (Å²) >= 11 is 0. The van der Waals surface area contributed by atoms with E-state index in [0.717, 1.165) is 0 Å².